The molecule has 0 radical (unpaired) electrons. The Morgan fingerprint density at radius 2 is 1.21 bits per heavy atom. The van der Waals surface area contributed by atoms with Crippen molar-refractivity contribution < 1.29 is 4.79 Å². The van der Waals surface area contributed by atoms with Crippen molar-refractivity contribution in [2.24, 2.45) is 0 Å². The molecule has 1 saturated heterocycles. The van der Waals surface area contributed by atoms with Gasteiger partial charge in [0.1, 0.15) is 0 Å². The van der Waals surface area contributed by atoms with E-state index in [1.807, 2.05) is 22.9 Å². The highest BCUT2D eigenvalue weighted by Crippen LogP contribution is 2.51. The lowest BCUT2D eigenvalue weighted by molar-refractivity contribution is -0.137. The van der Waals surface area contributed by atoms with E-state index in [-0.39, 0.29) is 21.9 Å². The van der Waals surface area contributed by atoms with E-state index in [1.54, 1.807) is 0 Å². The molecule has 138 valence electrons. The molecule has 3 aromatic rings. The third kappa shape index (κ3) is 2.61. The Balaban J connectivity index is 1.77. The molecule has 2 atom stereocenters. The maximum Gasteiger partial charge on any atom is 0.230 e. The third-order valence-electron chi connectivity index (χ3n) is 5.79. The van der Waals surface area contributed by atoms with Crippen LogP contribution in [0.2, 0.25) is 0 Å². The number of fused-ring (bicyclic) bond motifs is 1. The maximum absolute atomic E-state index is 11.9. The number of hydrogen-bond donors (Lipinski definition) is 0. The highest BCUT2D eigenvalue weighted by molar-refractivity contribution is 8.00. The van der Waals surface area contributed by atoms with Crippen molar-refractivity contribution >= 4 is 17.7 Å². The SMILES string of the molecule is O=C1C[C@H]2SC(C(c3ccccc3)(c3ccccc3)c3ccccc3)C=CN12. The molecule has 28 heavy (non-hydrogen) atoms. The average molecular weight is 384 g/mol. The van der Waals surface area contributed by atoms with Crippen LogP contribution in [0.4, 0.5) is 0 Å². The van der Waals surface area contributed by atoms with E-state index in [4.69, 9.17) is 0 Å². The fourth-order valence-corrected chi connectivity index (χ4v) is 6.09. The van der Waals surface area contributed by atoms with Gasteiger partial charge in [-0.2, -0.15) is 0 Å². The van der Waals surface area contributed by atoms with Gasteiger partial charge in [-0.15, -0.1) is 11.8 Å². The van der Waals surface area contributed by atoms with Crippen LogP contribution in [0.25, 0.3) is 0 Å². The summed E-state index contributed by atoms with van der Waals surface area (Å²) in [5.74, 6) is 0.219. The Bertz CT molecular complexity index is 904. The number of nitrogens with zero attached hydrogens (tertiary/aromatic N) is 1. The summed E-state index contributed by atoms with van der Waals surface area (Å²) in [7, 11) is 0. The summed E-state index contributed by atoms with van der Waals surface area (Å²) in [6.45, 7) is 0. The minimum atomic E-state index is -0.324. The van der Waals surface area contributed by atoms with Crippen LogP contribution in [0.3, 0.4) is 0 Å². The standard InChI is InChI=1S/C25H21NOS/c27-23-18-24-26(23)17-16-22(28-24)25(19-10-4-1-5-11-19,20-12-6-2-7-13-20)21-14-8-3-9-15-21/h1-17,22,24H,18H2/t22?,24-/m1/s1. The van der Waals surface area contributed by atoms with Crippen LogP contribution in [0, 0.1) is 0 Å². The molecule has 2 nitrogen and oxygen atoms in total. The molecule has 0 aromatic heterocycles. The molecular weight excluding hydrogens is 362 g/mol. The van der Waals surface area contributed by atoms with E-state index in [1.165, 1.54) is 16.7 Å². The molecule has 2 aliphatic heterocycles. The number of β-lactam (4-membered cyclic amide) rings is 1. The molecule has 1 unspecified atom stereocenters. The molecule has 2 heterocycles. The van der Waals surface area contributed by atoms with Crippen LogP contribution >= 0.6 is 11.8 Å². The van der Waals surface area contributed by atoms with Crippen LogP contribution in [-0.4, -0.2) is 21.4 Å². The van der Waals surface area contributed by atoms with Gasteiger partial charge in [0.25, 0.3) is 0 Å². The second-order valence-corrected chi connectivity index (χ2v) is 8.59. The van der Waals surface area contributed by atoms with Crippen molar-refractivity contribution in [2.75, 3.05) is 0 Å². The first kappa shape index (κ1) is 17.3. The smallest absolute Gasteiger partial charge is 0.230 e. The Morgan fingerprint density at radius 3 is 1.61 bits per heavy atom. The summed E-state index contributed by atoms with van der Waals surface area (Å²) >= 11 is 1.89. The minimum Gasteiger partial charge on any atom is -0.306 e. The molecule has 2 aliphatic rings. The number of carbonyl (C=O) groups excluding carboxylic acids is 1. The minimum absolute atomic E-state index is 0.189. The summed E-state index contributed by atoms with van der Waals surface area (Å²) < 4.78 is 0. The second-order valence-electron chi connectivity index (χ2n) is 7.26. The monoisotopic (exact) mass is 383 g/mol. The zero-order valence-corrected chi connectivity index (χ0v) is 16.3. The Kier molecular flexibility index (Phi) is 4.33. The van der Waals surface area contributed by atoms with E-state index in [2.05, 4.69) is 97.1 Å². The van der Waals surface area contributed by atoms with Crippen molar-refractivity contribution in [3.8, 4) is 0 Å². The largest absolute Gasteiger partial charge is 0.306 e. The van der Waals surface area contributed by atoms with E-state index in [0.29, 0.717) is 6.42 Å². The van der Waals surface area contributed by atoms with Crippen LogP contribution in [0.15, 0.2) is 103 Å². The van der Waals surface area contributed by atoms with Gasteiger partial charge < -0.3 is 4.90 Å². The summed E-state index contributed by atoms with van der Waals surface area (Å²) in [6, 6.07) is 32.3. The summed E-state index contributed by atoms with van der Waals surface area (Å²) in [6.07, 6.45) is 4.84. The molecule has 0 bridgehead atoms. The Hall–Kier alpha value is -2.78. The van der Waals surface area contributed by atoms with E-state index in [9.17, 15) is 4.79 Å². The first-order valence-electron chi connectivity index (χ1n) is 9.61. The van der Waals surface area contributed by atoms with Crippen LogP contribution < -0.4 is 0 Å². The summed E-state index contributed by atoms with van der Waals surface area (Å²) in [5, 5.41) is 0.423. The molecule has 1 fully saturated rings. The van der Waals surface area contributed by atoms with Gasteiger partial charge in [0, 0.05) is 11.4 Å². The molecule has 3 aromatic carbocycles. The highest BCUT2D eigenvalue weighted by atomic mass is 32.2. The topological polar surface area (TPSA) is 20.3 Å². The van der Waals surface area contributed by atoms with Crippen molar-refractivity contribution in [2.45, 2.75) is 22.5 Å². The molecule has 3 heteroatoms. The molecule has 1 amide bonds. The second kappa shape index (κ2) is 6.99. The fourth-order valence-electron chi connectivity index (χ4n) is 4.42. The van der Waals surface area contributed by atoms with Gasteiger partial charge in [0.15, 0.2) is 0 Å². The predicted molar refractivity (Wildman–Crippen MR) is 115 cm³/mol. The lowest BCUT2D eigenvalue weighted by Crippen LogP contribution is -2.52. The molecule has 5 rings (SSSR count). The van der Waals surface area contributed by atoms with E-state index in [0.717, 1.165) is 0 Å². The van der Waals surface area contributed by atoms with Crippen LogP contribution in [0.5, 0.6) is 0 Å². The average Bonchev–Trinajstić information content (AvgIpc) is 2.76. The zero-order chi connectivity index (χ0) is 19.0. The molecular formula is C25H21NOS. The van der Waals surface area contributed by atoms with Crippen molar-refractivity contribution in [3.63, 3.8) is 0 Å². The van der Waals surface area contributed by atoms with E-state index < -0.39 is 0 Å². The lowest BCUT2D eigenvalue weighted by Gasteiger charge is -2.48. The van der Waals surface area contributed by atoms with Gasteiger partial charge in [-0.3, -0.25) is 4.79 Å². The van der Waals surface area contributed by atoms with Crippen LogP contribution in [-0.2, 0) is 10.2 Å². The Labute approximate surface area is 169 Å². The maximum atomic E-state index is 11.9. The number of amides is 1. The van der Waals surface area contributed by atoms with Gasteiger partial charge in [-0.1, -0.05) is 97.1 Å². The predicted octanol–water partition coefficient (Wildman–Crippen LogP) is 5.21. The van der Waals surface area contributed by atoms with Gasteiger partial charge in [0.2, 0.25) is 5.91 Å². The first-order valence-corrected chi connectivity index (χ1v) is 10.6. The molecule has 0 spiro atoms. The van der Waals surface area contributed by atoms with Gasteiger partial charge in [-0.25, -0.2) is 0 Å². The van der Waals surface area contributed by atoms with Crippen molar-refractivity contribution in [1.29, 1.82) is 0 Å². The molecule has 0 aliphatic carbocycles. The number of hydrogen-bond acceptors (Lipinski definition) is 2. The van der Waals surface area contributed by atoms with E-state index >= 15 is 0 Å². The highest BCUT2D eigenvalue weighted by Gasteiger charge is 2.48. The number of thioether (sulfide) groups is 1. The normalized spacial score (nSPS) is 21.1. The number of benzene rings is 3. The fraction of sp³-hybridized carbons (Fsp3) is 0.160. The van der Waals surface area contributed by atoms with Crippen LogP contribution in [0.1, 0.15) is 23.1 Å². The number of carbonyl (C=O) groups is 1. The molecule has 0 N–H and O–H groups in total. The summed E-state index contributed by atoms with van der Waals surface area (Å²) in [5.41, 5.74) is 3.49. The molecule has 0 saturated carbocycles. The zero-order valence-electron chi connectivity index (χ0n) is 15.4. The first-order chi connectivity index (χ1) is 13.8. The lowest BCUT2D eigenvalue weighted by atomic mass is 9.67. The number of rotatable bonds is 4. The van der Waals surface area contributed by atoms with Gasteiger partial charge in [-0.05, 0) is 16.7 Å². The quantitative estimate of drug-likeness (QED) is 0.455. The third-order valence-corrected chi connectivity index (χ3v) is 7.30. The Morgan fingerprint density at radius 1 is 0.750 bits per heavy atom. The summed E-state index contributed by atoms with van der Waals surface area (Å²) in [4.78, 5) is 13.8. The van der Waals surface area contributed by atoms with Crippen molar-refractivity contribution in [1.82, 2.24) is 4.90 Å². The van der Waals surface area contributed by atoms with Gasteiger partial charge >= 0.3 is 0 Å². The van der Waals surface area contributed by atoms with Crippen molar-refractivity contribution in [3.05, 3.63) is 120 Å². The van der Waals surface area contributed by atoms with Gasteiger partial charge in [0.05, 0.1) is 17.2 Å².